The van der Waals surface area contributed by atoms with Crippen LogP contribution in [0.1, 0.15) is 5.56 Å². The van der Waals surface area contributed by atoms with Crippen molar-refractivity contribution in [3.63, 3.8) is 0 Å². The predicted molar refractivity (Wildman–Crippen MR) is 102 cm³/mol. The Morgan fingerprint density at radius 3 is 2.69 bits per heavy atom. The van der Waals surface area contributed by atoms with Gasteiger partial charge in [-0.1, -0.05) is 23.7 Å². The van der Waals surface area contributed by atoms with Gasteiger partial charge < -0.3 is 9.32 Å². The summed E-state index contributed by atoms with van der Waals surface area (Å²) in [5.74, 6) is -1.07. The molecule has 1 N–H and O–H groups in total. The first kappa shape index (κ1) is 17.8. The SMILES string of the molecule is CN(C)c1ccc(/C=N/NC(=O)Cn2c(=O)oc3ccc(Cl)cc32)cc1. The van der Waals surface area contributed by atoms with Gasteiger partial charge in [0.15, 0.2) is 5.58 Å². The summed E-state index contributed by atoms with van der Waals surface area (Å²) in [6, 6.07) is 12.5. The number of oxazole rings is 1. The van der Waals surface area contributed by atoms with Crippen molar-refractivity contribution in [3.05, 3.63) is 63.6 Å². The molecule has 3 rings (SSSR count). The summed E-state index contributed by atoms with van der Waals surface area (Å²) >= 11 is 5.93. The zero-order chi connectivity index (χ0) is 18.7. The number of halogens is 1. The van der Waals surface area contributed by atoms with Gasteiger partial charge in [-0.05, 0) is 35.9 Å². The Morgan fingerprint density at radius 1 is 1.27 bits per heavy atom. The molecule has 1 heterocycles. The topological polar surface area (TPSA) is 79.8 Å². The average Bonchev–Trinajstić information content (AvgIpc) is 2.90. The third-order valence-corrected chi connectivity index (χ3v) is 3.98. The third-order valence-electron chi connectivity index (χ3n) is 3.74. The van der Waals surface area contributed by atoms with Gasteiger partial charge in [0, 0.05) is 24.8 Å². The highest BCUT2D eigenvalue weighted by molar-refractivity contribution is 6.31. The molecule has 0 radical (unpaired) electrons. The number of anilines is 1. The third kappa shape index (κ3) is 3.94. The number of aromatic nitrogens is 1. The van der Waals surface area contributed by atoms with Crippen LogP contribution in [0.4, 0.5) is 5.69 Å². The summed E-state index contributed by atoms with van der Waals surface area (Å²) in [4.78, 5) is 25.9. The van der Waals surface area contributed by atoms with Crippen LogP contribution in [0.25, 0.3) is 11.1 Å². The largest absolute Gasteiger partial charge is 0.420 e. The summed E-state index contributed by atoms with van der Waals surface area (Å²) in [5, 5.41) is 4.36. The molecule has 7 nitrogen and oxygen atoms in total. The van der Waals surface area contributed by atoms with Gasteiger partial charge in [-0.3, -0.25) is 9.36 Å². The lowest BCUT2D eigenvalue weighted by Crippen LogP contribution is -2.27. The van der Waals surface area contributed by atoms with Gasteiger partial charge in [-0.25, -0.2) is 10.2 Å². The van der Waals surface area contributed by atoms with E-state index in [0.717, 1.165) is 11.3 Å². The Bertz CT molecular complexity index is 1020. The molecule has 0 aliphatic heterocycles. The van der Waals surface area contributed by atoms with Crippen molar-refractivity contribution >= 4 is 40.5 Å². The number of rotatable bonds is 5. The molecule has 0 aliphatic carbocycles. The van der Waals surface area contributed by atoms with Gasteiger partial charge in [-0.2, -0.15) is 5.10 Å². The lowest BCUT2D eigenvalue weighted by Gasteiger charge is -2.11. The Morgan fingerprint density at radius 2 is 2.00 bits per heavy atom. The van der Waals surface area contributed by atoms with Gasteiger partial charge in [0.2, 0.25) is 0 Å². The Labute approximate surface area is 154 Å². The number of hydrogen-bond acceptors (Lipinski definition) is 5. The van der Waals surface area contributed by atoms with Gasteiger partial charge in [-0.15, -0.1) is 0 Å². The van der Waals surface area contributed by atoms with Crippen molar-refractivity contribution in [2.45, 2.75) is 6.54 Å². The van der Waals surface area contributed by atoms with Crippen LogP contribution in [-0.2, 0) is 11.3 Å². The van der Waals surface area contributed by atoms with Gasteiger partial charge in [0.05, 0.1) is 11.7 Å². The van der Waals surface area contributed by atoms with E-state index in [1.165, 1.54) is 10.8 Å². The molecule has 1 amide bonds. The van der Waals surface area contributed by atoms with E-state index in [1.807, 2.05) is 43.3 Å². The molecule has 0 bridgehead atoms. The van der Waals surface area contributed by atoms with E-state index in [9.17, 15) is 9.59 Å². The van der Waals surface area contributed by atoms with Crippen LogP contribution >= 0.6 is 11.6 Å². The van der Waals surface area contributed by atoms with E-state index in [-0.39, 0.29) is 6.54 Å². The smallest absolute Gasteiger partial charge is 0.408 e. The standard InChI is InChI=1S/C18H17ClN4O3/c1-22(2)14-6-3-12(4-7-14)10-20-21-17(24)11-23-15-9-13(19)5-8-16(15)26-18(23)25/h3-10H,11H2,1-2H3,(H,21,24)/b20-10+. The first-order chi connectivity index (χ1) is 12.4. The second-order valence-corrected chi connectivity index (χ2v) is 6.28. The number of nitrogens with one attached hydrogen (secondary N) is 1. The summed E-state index contributed by atoms with van der Waals surface area (Å²) in [6.07, 6.45) is 1.53. The number of amides is 1. The normalized spacial score (nSPS) is 11.2. The van der Waals surface area contributed by atoms with Gasteiger partial charge in [0.1, 0.15) is 6.54 Å². The maximum absolute atomic E-state index is 12.1. The van der Waals surface area contributed by atoms with Crippen molar-refractivity contribution < 1.29 is 9.21 Å². The molecule has 0 spiro atoms. The van der Waals surface area contributed by atoms with Crippen molar-refractivity contribution in [1.82, 2.24) is 9.99 Å². The number of carbonyl (C=O) groups is 1. The lowest BCUT2D eigenvalue weighted by atomic mass is 10.2. The molecule has 0 fully saturated rings. The van der Waals surface area contributed by atoms with Crippen LogP contribution in [0.2, 0.25) is 5.02 Å². The number of benzene rings is 2. The minimum absolute atomic E-state index is 0.219. The summed E-state index contributed by atoms with van der Waals surface area (Å²) in [5.41, 5.74) is 5.14. The van der Waals surface area contributed by atoms with Crippen LogP contribution in [0.5, 0.6) is 0 Å². The zero-order valence-corrected chi connectivity index (χ0v) is 15.0. The monoisotopic (exact) mass is 372 g/mol. The van der Waals surface area contributed by atoms with Crippen LogP contribution in [0.15, 0.2) is 56.8 Å². The van der Waals surface area contributed by atoms with E-state index in [0.29, 0.717) is 16.1 Å². The average molecular weight is 373 g/mol. The highest BCUT2D eigenvalue weighted by Crippen LogP contribution is 2.18. The van der Waals surface area contributed by atoms with E-state index >= 15 is 0 Å². The molecule has 0 saturated heterocycles. The first-order valence-corrected chi connectivity index (χ1v) is 8.20. The van der Waals surface area contributed by atoms with E-state index in [2.05, 4.69) is 10.5 Å². The number of hydrazone groups is 1. The van der Waals surface area contributed by atoms with Crippen LogP contribution in [-0.4, -0.2) is 30.8 Å². The fourth-order valence-corrected chi connectivity index (χ4v) is 2.57. The maximum Gasteiger partial charge on any atom is 0.420 e. The second-order valence-electron chi connectivity index (χ2n) is 5.85. The molecule has 0 saturated carbocycles. The van der Waals surface area contributed by atoms with E-state index < -0.39 is 11.7 Å². The number of hydrogen-bond donors (Lipinski definition) is 1. The molecule has 1 aromatic heterocycles. The van der Waals surface area contributed by atoms with Crippen molar-refractivity contribution in [1.29, 1.82) is 0 Å². The van der Waals surface area contributed by atoms with Crippen LogP contribution < -0.4 is 16.1 Å². The molecule has 0 atom stereocenters. The van der Waals surface area contributed by atoms with Crippen molar-refractivity contribution in [2.24, 2.45) is 5.10 Å². The van der Waals surface area contributed by atoms with Crippen LogP contribution in [0.3, 0.4) is 0 Å². The summed E-state index contributed by atoms with van der Waals surface area (Å²) in [6.45, 7) is -0.219. The highest BCUT2D eigenvalue weighted by Gasteiger charge is 2.12. The zero-order valence-electron chi connectivity index (χ0n) is 14.3. The molecular formula is C18H17ClN4O3. The minimum Gasteiger partial charge on any atom is -0.408 e. The minimum atomic E-state index is -0.624. The van der Waals surface area contributed by atoms with Gasteiger partial charge in [0.25, 0.3) is 5.91 Å². The molecule has 2 aromatic carbocycles. The summed E-state index contributed by atoms with van der Waals surface area (Å²) < 4.78 is 6.29. The van der Waals surface area contributed by atoms with Gasteiger partial charge >= 0.3 is 5.76 Å². The molecule has 0 aliphatic rings. The predicted octanol–water partition coefficient (Wildman–Crippen LogP) is 2.46. The molecule has 26 heavy (non-hydrogen) atoms. The highest BCUT2D eigenvalue weighted by atomic mass is 35.5. The quantitative estimate of drug-likeness (QED) is 0.551. The fraction of sp³-hybridized carbons (Fsp3) is 0.167. The molecule has 3 aromatic rings. The Hall–Kier alpha value is -3.06. The molecule has 134 valence electrons. The molecular weight excluding hydrogens is 356 g/mol. The fourth-order valence-electron chi connectivity index (χ4n) is 2.40. The second kappa shape index (κ2) is 7.45. The lowest BCUT2D eigenvalue weighted by molar-refractivity contribution is -0.121. The molecule has 0 unspecified atom stereocenters. The number of carbonyl (C=O) groups excluding carboxylic acids is 1. The van der Waals surface area contributed by atoms with E-state index in [4.69, 9.17) is 16.0 Å². The first-order valence-electron chi connectivity index (χ1n) is 7.82. The Balaban J connectivity index is 1.67. The van der Waals surface area contributed by atoms with Crippen LogP contribution in [0, 0.1) is 0 Å². The Kier molecular flexibility index (Phi) is 5.09. The maximum atomic E-state index is 12.1. The summed E-state index contributed by atoms with van der Waals surface area (Å²) in [7, 11) is 3.91. The van der Waals surface area contributed by atoms with Crippen molar-refractivity contribution in [3.8, 4) is 0 Å². The number of nitrogens with zero attached hydrogens (tertiary/aromatic N) is 3. The van der Waals surface area contributed by atoms with Crippen molar-refractivity contribution in [2.75, 3.05) is 19.0 Å². The number of fused-ring (bicyclic) bond motifs is 1. The molecule has 8 heteroatoms. The van der Waals surface area contributed by atoms with E-state index in [1.54, 1.807) is 18.2 Å².